The maximum Gasteiger partial charge on any atom is 0.417 e. The van der Waals surface area contributed by atoms with E-state index < -0.39 is 5.76 Å². The standard InChI is InChI=1S/C18H13FN2O2S/c1-2-10-7-12(19)4-5-13(10)17-20-15(9-24-17)11-3-6-16-14(8-11)21-18(22)23-16/h3-9H,2H2,1H3,(H,21,22). The van der Waals surface area contributed by atoms with Crippen LogP contribution in [0, 0.1) is 5.82 Å². The van der Waals surface area contributed by atoms with E-state index >= 15 is 0 Å². The number of fused-ring (bicyclic) bond motifs is 1. The Morgan fingerprint density at radius 2 is 2.12 bits per heavy atom. The molecule has 1 N–H and O–H groups in total. The monoisotopic (exact) mass is 340 g/mol. The first-order chi connectivity index (χ1) is 11.6. The van der Waals surface area contributed by atoms with Gasteiger partial charge in [-0.2, -0.15) is 0 Å². The van der Waals surface area contributed by atoms with Crippen molar-refractivity contribution < 1.29 is 8.81 Å². The second-order valence-corrected chi connectivity index (χ2v) is 6.28. The minimum atomic E-state index is -0.472. The number of nitrogens with zero attached hydrogens (tertiary/aromatic N) is 1. The second-order valence-electron chi connectivity index (χ2n) is 5.42. The number of hydrogen-bond donors (Lipinski definition) is 1. The first-order valence-electron chi connectivity index (χ1n) is 7.51. The zero-order valence-electron chi connectivity index (χ0n) is 12.8. The molecule has 0 spiro atoms. The van der Waals surface area contributed by atoms with Gasteiger partial charge in [-0.15, -0.1) is 11.3 Å². The summed E-state index contributed by atoms with van der Waals surface area (Å²) in [4.78, 5) is 18.6. The predicted molar refractivity (Wildman–Crippen MR) is 92.7 cm³/mol. The zero-order chi connectivity index (χ0) is 16.7. The maximum atomic E-state index is 13.4. The normalized spacial score (nSPS) is 11.2. The van der Waals surface area contributed by atoms with Crippen LogP contribution in [0.3, 0.4) is 0 Å². The third-order valence-electron chi connectivity index (χ3n) is 3.90. The molecule has 0 saturated carbocycles. The molecule has 0 fully saturated rings. The number of H-pyrrole nitrogens is 1. The van der Waals surface area contributed by atoms with E-state index in [9.17, 15) is 9.18 Å². The molecule has 4 aromatic rings. The summed E-state index contributed by atoms with van der Waals surface area (Å²) in [6.45, 7) is 2.00. The molecule has 0 unspecified atom stereocenters. The Bertz CT molecular complexity index is 1090. The lowest BCUT2D eigenvalue weighted by molar-refractivity contribution is 0.555. The largest absolute Gasteiger partial charge is 0.417 e. The summed E-state index contributed by atoms with van der Waals surface area (Å²) in [5.74, 6) is -0.707. The highest BCUT2D eigenvalue weighted by Crippen LogP contribution is 2.32. The summed E-state index contributed by atoms with van der Waals surface area (Å²) in [7, 11) is 0. The summed E-state index contributed by atoms with van der Waals surface area (Å²) in [6.07, 6.45) is 0.740. The first kappa shape index (κ1) is 14.8. The van der Waals surface area contributed by atoms with Gasteiger partial charge < -0.3 is 4.42 Å². The Morgan fingerprint density at radius 1 is 1.25 bits per heavy atom. The quantitative estimate of drug-likeness (QED) is 0.592. The fourth-order valence-corrected chi connectivity index (χ4v) is 3.59. The SMILES string of the molecule is CCc1cc(F)ccc1-c1nc(-c2ccc3oc(=O)[nH]c3c2)cs1. The lowest BCUT2D eigenvalue weighted by atomic mass is 10.1. The molecule has 0 bridgehead atoms. The van der Waals surface area contributed by atoms with Gasteiger partial charge in [0.2, 0.25) is 0 Å². The van der Waals surface area contributed by atoms with E-state index in [-0.39, 0.29) is 5.82 Å². The number of aromatic amines is 1. The van der Waals surface area contributed by atoms with E-state index in [1.807, 2.05) is 24.4 Å². The van der Waals surface area contributed by atoms with Gasteiger partial charge in [-0.3, -0.25) is 4.98 Å². The minimum Gasteiger partial charge on any atom is -0.408 e. The number of hydrogen-bond acceptors (Lipinski definition) is 4. The topological polar surface area (TPSA) is 58.9 Å². The van der Waals surface area contributed by atoms with E-state index in [4.69, 9.17) is 4.42 Å². The van der Waals surface area contributed by atoms with Gasteiger partial charge in [-0.05, 0) is 48.4 Å². The van der Waals surface area contributed by atoms with Crippen LogP contribution in [0.4, 0.5) is 4.39 Å². The molecular formula is C18H13FN2O2S. The van der Waals surface area contributed by atoms with Crippen LogP contribution in [-0.2, 0) is 6.42 Å². The number of nitrogens with one attached hydrogen (secondary N) is 1. The van der Waals surface area contributed by atoms with E-state index in [2.05, 4.69) is 9.97 Å². The molecule has 24 heavy (non-hydrogen) atoms. The average molecular weight is 340 g/mol. The van der Waals surface area contributed by atoms with Gasteiger partial charge in [0.05, 0.1) is 11.2 Å². The summed E-state index contributed by atoms with van der Waals surface area (Å²) in [5.41, 5.74) is 4.75. The van der Waals surface area contributed by atoms with Crippen molar-refractivity contribution in [2.75, 3.05) is 0 Å². The molecule has 4 nitrogen and oxygen atoms in total. The minimum absolute atomic E-state index is 0.234. The highest BCUT2D eigenvalue weighted by atomic mass is 32.1. The molecule has 2 heterocycles. The number of rotatable bonds is 3. The van der Waals surface area contributed by atoms with Gasteiger partial charge in [0.25, 0.3) is 0 Å². The Labute approximate surface area is 140 Å². The van der Waals surface area contributed by atoms with Gasteiger partial charge in [-0.25, -0.2) is 14.2 Å². The number of benzene rings is 2. The summed E-state index contributed by atoms with van der Waals surface area (Å²) >= 11 is 1.51. The molecule has 0 aliphatic heterocycles. The second kappa shape index (κ2) is 5.72. The summed E-state index contributed by atoms with van der Waals surface area (Å²) in [6, 6.07) is 10.2. The van der Waals surface area contributed by atoms with Crippen LogP contribution in [-0.4, -0.2) is 9.97 Å². The number of thiazole rings is 1. The molecule has 0 saturated heterocycles. The molecule has 2 aromatic carbocycles. The molecule has 4 rings (SSSR count). The van der Waals surface area contributed by atoms with Crippen LogP contribution in [0.5, 0.6) is 0 Å². The molecule has 0 amide bonds. The molecule has 0 radical (unpaired) electrons. The van der Waals surface area contributed by atoms with E-state index in [0.717, 1.165) is 33.8 Å². The van der Waals surface area contributed by atoms with Crippen LogP contribution in [0.25, 0.3) is 32.9 Å². The molecule has 0 aliphatic carbocycles. The van der Waals surface area contributed by atoms with Crippen LogP contribution in [0.1, 0.15) is 12.5 Å². The van der Waals surface area contributed by atoms with Gasteiger partial charge in [-0.1, -0.05) is 6.92 Å². The number of aryl methyl sites for hydroxylation is 1. The molecule has 6 heteroatoms. The number of aromatic nitrogens is 2. The van der Waals surface area contributed by atoms with Crippen molar-refractivity contribution in [2.24, 2.45) is 0 Å². The Hall–Kier alpha value is -2.73. The van der Waals surface area contributed by atoms with Crippen molar-refractivity contribution >= 4 is 22.4 Å². The Kier molecular flexibility index (Phi) is 3.54. The van der Waals surface area contributed by atoms with Crippen molar-refractivity contribution in [1.82, 2.24) is 9.97 Å². The highest BCUT2D eigenvalue weighted by molar-refractivity contribution is 7.13. The van der Waals surface area contributed by atoms with Crippen molar-refractivity contribution in [2.45, 2.75) is 13.3 Å². The van der Waals surface area contributed by atoms with Gasteiger partial charge >= 0.3 is 5.76 Å². The first-order valence-corrected chi connectivity index (χ1v) is 8.39. The molecule has 120 valence electrons. The zero-order valence-corrected chi connectivity index (χ0v) is 13.6. The lowest BCUT2D eigenvalue weighted by Gasteiger charge is -2.04. The average Bonchev–Trinajstić information content (AvgIpc) is 3.19. The molecule has 0 aliphatic rings. The summed E-state index contributed by atoms with van der Waals surface area (Å²) < 4.78 is 18.4. The van der Waals surface area contributed by atoms with E-state index in [0.29, 0.717) is 11.1 Å². The van der Waals surface area contributed by atoms with Crippen LogP contribution in [0.15, 0.2) is 51.0 Å². The maximum absolute atomic E-state index is 13.4. The van der Waals surface area contributed by atoms with Crippen LogP contribution >= 0.6 is 11.3 Å². The number of halogens is 1. The fourth-order valence-electron chi connectivity index (χ4n) is 2.70. The smallest absolute Gasteiger partial charge is 0.408 e. The molecular weight excluding hydrogens is 327 g/mol. The van der Waals surface area contributed by atoms with Gasteiger partial charge in [0, 0.05) is 16.5 Å². The van der Waals surface area contributed by atoms with Crippen molar-refractivity contribution in [1.29, 1.82) is 0 Å². The Morgan fingerprint density at radius 3 is 2.96 bits per heavy atom. The van der Waals surface area contributed by atoms with E-state index in [1.54, 1.807) is 18.2 Å². The fraction of sp³-hybridized carbons (Fsp3) is 0.111. The van der Waals surface area contributed by atoms with Crippen molar-refractivity contribution in [3.05, 3.63) is 63.7 Å². The van der Waals surface area contributed by atoms with Crippen molar-refractivity contribution in [3.8, 4) is 21.8 Å². The van der Waals surface area contributed by atoms with Crippen LogP contribution in [0.2, 0.25) is 0 Å². The molecule has 2 aromatic heterocycles. The van der Waals surface area contributed by atoms with Crippen molar-refractivity contribution in [3.63, 3.8) is 0 Å². The lowest BCUT2D eigenvalue weighted by Crippen LogP contribution is -1.92. The van der Waals surface area contributed by atoms with Gasteiger partial charge in [0.1, 0.15) is 10.8 Å². The van der Waals surface area contributed by atoms with E-state index in [1.165, 1.54) is 17.4 Å². The number of oxazole rings is 1. The van der Waals surface area contributed by atoms with Gasteiger partial charge in [0.15, 0.2) is 5.58 Å². The molecule has 0 atom stereocenters. The predicted octanol–water partition coefficient (Wildman–Crippen LogP) is 4.61. The van der Waals surface area contributed by atoms with Crippen LogP contribution < -0.4 is 5.76 Å². The highest BCUT2D eigenvalue weighted by Gasteiger charge is 2.12. The third-order valence-corrected chi connectivity index (χ3v) is 4.77. The third kappa shape index (κ3) is 2.55. The Balaban J connectivity index is 1.77. The summed E-state index contributed by atoms with van der Waals surface area (Å²) in [5, 5.41) is 2.81.